The summed E-state index contributed by atoms with van der Waals surface area (Å²) in [4.78, 5) is 24.5. The Labute approximate surface area is 166 Å². The molecule has 28 heavy (non-hydrogen) atoms. The van der Waals surface area contributed by atoms with Gasteiger partial charge < -0.3 is 10.1 Å². The molecular formula is C22H20N2O3S. The van der Waals surface area contributed by atoms with Crippen LogP contribution in [0.3, 0.4) is 0 Å². The van der Waals surface area contributed by atoms with Crippen LogP contribution in [0.4, 0.5) is 5.69 Å². The second-order valence-electron chi connectivity index (χ2n) is 6.55. The van der Waals surface area contributed by atoms with Crippen LogP contribution in [0.1, 0.15) is 13.8 Å². The number of benzene rings is 3. The number of aromatic nitrogens is 1. The molecule has 4 rings (SSSR count). The van der Waals surface area contributed by atoms with Crippen LogP contribution in [-0.4, -0.2) is 16.6 Å². The first-order chi connectivity index (χ1) is 13.5. The van der Waals surface area contributed by atoms with Crippen molar-refractivity contribution in [2.75, 3.05) is 5.32 Å². The minimum atomic E-state index is -0.657. The van der Waals surface area contributed by atoms with E-state index in [0.717, 1.165) is 21.0 Å². The number of nitrogens with one attached hydrogen (secondary N) is 1. The lowest BCUT2D eigenvalue weighted by atomic mass is 10.1. The lowest BCUT2D eigenvalue weighted by molar-refractivity contribution is -0.122. The number of rotatable bonds is 5. The Kier molecular flexibility index (Phi) is 4.88. The Balaban J connectivity index is 1.49. The fourth-order valence-electron chi connectivity index (χ4n) is 3.19. The third-order valence-corrected chi connectivity index (χ3v) is 5.60. The average molecular weight is 392 g/mol. The fourth-order valence-corrected chi connectivity index (χ4v) is 4.18. The van der Waals surface area contributed by atoms with E-state index in [-0.39, 0.29) is 10.8 Å². The lowest BCUT2D eigenvalue weighted by Gasteiger charge is -2.15. The molecule has 1 unspecified atom stereocenters. The number of thiazole rings is 1. The second-order valence-corrected chi connectivity index (χ2v) is 7.55. The zero-order chi connectivity index (χ0) is 19.7. The van der Waals surface area contributed by atoms with E-state index in [4.69, 9.17) is 4.74 Å². The van der Waals surface area contributed by atoms with Gasteiger partial charge in [0.25, 0.3) is 5.91 Å². The number of fused-ring (bicyclic) bond motifs is 2. The largest absolute Gasteiger partial charge is 0.481 e. The molecule has 4 aromatic rings. The SMILES string of the molecule is CCn1c(=O)sc2cc(NC(=O)C(C)Oc3ccc4ccccc4c3)ccc21. The second kappa shape index (κ2) is 7.48. The van der Waals surface area contributed by atoms with Crippen LogP contribution in [0.15, 0.2) is 65.5 Å². The highest BCUT2D eigenvalue weighted by atomic mass is 32.1. The minimum absolute atomic E-state index is 0.00832. The van der Waals surface area contributed by atoms with Gasteiger partial charge >= 0.3 is 4.87 Å². The van der Waals surface area contributed by atoms with Crippen molar-refractivity contribution in [3.05, 3.63) is 70.3 Å². The summed E-state index contributed by atoms with van der Waals surface area (Å²) in [7, 11) is 0. The number of ether oxygens (including phenoxy) is 1. The van der Waals surface area contributed by atoms with Crippen molar-refractivity contribution >= 4 is 43.9 Å². The van der Waals surface area contributed by atoms with Gasteiger partial charge in [0.2, 0.25) is 0 Å². The molecule has 5 nitrogen and oxygen atoms in total. The summed E-state index contributed by atoms with van der Waals surface area (Å²) in [5, 5.41) is 5.06. The van der Waals surface area contributed by atoms with E-state index in [9.17, 15) is 9.59 Å². The minimum Gasteiger partial charge on any atom is -0.481 e. The molecule has 0 aliphatic rings. The normalized spacial score (nSPS) is 12.2. The maximum atomic E-state index is 12.5. The molecule has 0 aliphatic heterocycles. The van der Waals surface area contributed by atoms with Crippen LogP contribution >= 0.6 is 11.3 Å². The summed E-state index contributed by atoms with van der Waals surface area (Å²) in [6.07, 6.45) is -0.657. The Morgan fingerprint density at radius 1 is 1.11 bits per heavy atom. The molecule has 6 heteroatoms. The number of anilines is 1. The highest BCUT2D eigenvalue weighted by Crippen LogP contribution is 2.23. The number of aryl methyl sites for hydroxylation is 1. The van der Waals surface area contributed by atoms with Gasteiger partial charge in [-0.1, -0.05) is 41.7 Å². The van der Waals surface area contributed by atoms with Gasteiger partial charge in [-0.15, -0.1) is 0 Å². The van der Waals surface area contributed by atoms with E-state index >= 15 is 0 Å². The molecular weight excluding hydrogens is 372 g/mol. The molecule has 0 fully saturated rings. The maximum Gasteiger partial charge on any atom is 0.308 e. The quantitative estimate of drug-likeness (QED) is 0.538. The summed E-state index contributed by atoms with van der Waals surface area (Å²) in [5.41, 5.74) is 1.53. The third kappa shape index (κ3) is 3.51. The first-order valence-corrected chi connectivity index (χ1v) is 9.96. The number of carbonyl (C=O) groups is 1. The smallest absolute Gasteiger partial charge is 0.308 e. The standard InChI is InChI=1S/C22H20N2O3S/c1-3-24-19-11-9-17(13-20(19)28-22(24)26)23-21(25)14(2)27-18-10-8-15-6-4-5-7-16(15)12-18/h4-14H,3H2,1-2H3,(H,23,25). The Morgan fingerprint density at radius 3 is 2.68 bits per heavy atom. The van der Waals surface area contributed by atoms with Crippen LogP contribution in [0.25, 0.3) is 21.0 Å². The van der Waals surface area contributed by atoms with Gasteiger partial charge in [0.15, 0.2) is 6.10 Å². The highest BCUT2D eigenvalue weighted by Gasteiger charge is 2.16. The first kappa shape index (κ1) is 18.3. The van der Waals surface area contributed by atoms with Gasteiger partial charge in [0, 0.05) is 12.2 Å². The number of carbonyl (C=O) groups excluding carboxylic acids is 1. The van der Waals surface area contributed by atoms with E-state index in [2.05, 4.69) is 5.32 Å². The van der Waals surface area contributed by atoms with Gasteiger partial charge in [0.1, 0.15) is 5.75 Å². The van der Waals surface area contributed by atoms with E-state index < -0.39 is 6.10 Å². The van der Waals surface area contributed by atoms with E-state index in [1.54, 1.807) is 17.6 Å². The molecule has 1 aromatic heterocycles. The van der Waals surface area contributed by atoms with Gasteiger partial charge in [0.05, 0.1) is 10.2 Å². The topological polar surface area (TPSA) is 60.3 Å². The van der Waals surface area contributed by atoms with Crippen LogP contribution in [0.2, 0.25) is 0 Å². The highest BCUT2D eigenvalue weighted by molar-refractivity contribution is 7.16. The summed E-state index contributed by atoms with van der Waals surface area (Å²) in [6.45, 7) is 4.28. The van der Waals surface area contributed by atoms with Crippen molar-refractivity contribution in [3.8, 4) is 5.75 Å². The molecule has 0 aliphatic carbocycles. The van der Waals surface area contributed by atoms with Crippen molar-refractivity contribution in [3.63, 3.8) is 0 Å². The molecule has 1 N–H and O–H groups in total. The summed E-state index contributed by atoms with van der Waals surface area (Å²) in [6, 6.07) is 19.3. The maximum absolute atomic E-state index is 12.5. The van der Waals surface area contributed by atoms with Crippen LogP contribution in [0, 0.1) is 0 Å². The van der Waals surface area contributed by atoms with Gasteiger partial charge in [-0.05, 0) is 55.0 Å². The molecule has 3 aromatic carbocycles. The summed E-state index contributed by atoms with van der Waals surface area (Å²) < 4.78 is 8.39. The Bertz CT molecular complexity index is 1230. The molecule has 0 radical (unpaired) electrons. The van der Waals surface area contributed by atoms with E-state index in [0.29, 0.717) is 18.0 Å². The Hall–Kier alpha value is -3.12. The number of hydrogen-bond donors (Lipinski definition) is 1. The van der Waals surface area contributed by atoms with Crippen molar-refractivity contribution < 1.29 is 9.53 Å². The molecule has 1 amide bonds. The zero-order valence-electron chi connectivity index (χ0n) is 15.6. The lowest BCUT2D eigenvalue weighted by Crippen LogP contribution is -2.30. The molecule has 0 saturated heterocycles. The predicted molar refractivity (Wildman–Crippen MR) is 114 cm³/mol. The predicted octanol–water partition coefficient (Wildman–Crippen LogP) is 4.64. The average Bonchev–Trinajstić information content (AvgIpc) is 3.01. The molecule has 1 heterocycles. The molecule has 0 saturated carbocycles. The van der Waals surface area contributed by atoms with Crippen molar-refractivity contribution in [2.24, 2.45) is 0 Å². The Morgan fingerprint density at radius 2 is 1.89 bits per heavy atom. The van der Waals surface area contributed by atoms with Gasteiger partial charge in [-0.2, -0.15) is 0 Å². The number of nitrogens with zero attached hydrogens (tertiary/aromatic N) is 1. The molecule has 0 spiro atoms. The van der Waals surface area contributed by atoms with Gasteiger partial charge in [-0.25, -0.2) is 0 Å². The van der Waals surface area contributed by atoms with Crippen LogP contribution in [-0.2, 0) is 11.3 Å². The number of hydrogen-bond acceptors (Lipinski definition) is 4. The number of amides is 1. The van der Waals surface area contributed by atoms with Crippen molar-refractivity contribution in [1.82, 2.24) is 4.57 Å². The van der Waals surface area contributed by atoms with Crippen molar-refractivity contribution in [1.29, 1.82) is 0 Å². The van der Waals surface area contributed by atoms with E-state index in [1.165, 1.54) is 11.3 Å². The monoisotopic (exact) mass is 392 g/mol. The third-order valence-electron chi connectivity index (χ3n) is 4.66. The molecule has 1 atom stereocenters. The van der Waals surface area contributed by atoms with Gasteiger partial charge in [-0.3, -0.25) is 14.2 Å². The van der Waals surface area contributed by atoms with Crippen LogP contribution < -0.4 is 14.9 Å². The van der Waals surface area contributed by atoms with E-state index in [1.807, 2.05) is 61.5 Å². The van der Waals surface area contributed by atoms with Crippen LogP contribution in [0.5, 0.6) is 5.75 Å². The van der Waals surface area contributed by atoms with Crippen molar-refractivity contribution in [2.45, 2.75) is 26.5 Å². The first-order valence-electron chi connectivity index (χ1n) is 9.15. The summed E-state index contributed by atoms with van der Waals surface area (Å²) in [5.74, 6) is 0.407. The zero-order valence-corrected chi connectivity index (χ0v) is 16.5. The summed E-state index contributed by atoms with van der Waals surface area (Å²) >= 11 is 1.18. The molecule has 0 bridgehead atoms. The fraction of sp³-hybridized carbons (Fsp3) is 0.182. The molecule has 142 valence electrons.